The molecule has 1 amide bonds. The van der Waals surface area contributed by atoms with Crippen LogP contribution < -0.4 is 10.6 Å². The summed E-state index contributed by atoms with van der Waals surface area (Å²) in [6.45, 7) is 1.25. The van der Waals surface area contributed by atoms with Gasteiger partial charge in [-0.25, -0.2) is 0 Å². The third-order valence-corrected chi connectivity index (χ3v) is 3.02. The van der Waals surface area contributed by atoms with Gasteiger partial charge in [0.05, 0.1) is 11.2 Å². The Labute approximate surface area is 104 Å². The number of phenolic OH excluding ortho intramolecular Hbond substituents is 2. The van der Waals surface area contributed by atoms with Crippen LogP contribution in [0.4, 0.5) is 0 Å². The van der Waals surface area contributed by atoms with E-state index in [1.54, 1.807) is 0 Å². The number of carbonyl (C=O) groups excluding carboxylic acids is 1. The zero-order chi connectivity index (χ0) is 13.2. The molecule has 0 bridgehead atoms. The van der Waals surface area contributed by atoms with Crippen molar-refractivity contribution in [2.75, 3.05) is 19.6 Å². The zero-order valence-corrected chi connectivity index (χ0v) is 9.81. The molecular weight excluding hydrogens is 236 g/mol. The Bertz CT molecular complexity index is 455. The molecule has 1 heterocycles. The minimum atomic E-state index is -0.942. The van der Waals surface area contributed by atoms with E-state index in [1.807, 2.05) is 0 Å². The number of hydrogen-bond acceptors (Lipinski definition) is 5. The Morgan fingerprint density at radius 1 is 1.44 bits per heavy atom. The predicted molar refractivity (Wildman–Crippen MR) is 64.5 cm³/mol. The second-order valence-corrected chi connectivity index (χ2v) is 4.54. The van der Waals surface area contributed by atoms with Gasteiger partial charge in [0.25, 0.3) is 5.91 Å². The molecule has 1 atom stereocenters. The van der Waals surface area contributed by atoms with E-state index in [9.17, 15) is 20.1 Å². The molecule has 1 fully saturated rings. The summed E-state index contributed by atoms with van der Waals surface area (Å²) in [4.78, 5) is 11.8. The molecule has 1 aromatic rings. The highest BCUT2D eigenvalue weighted by atomic mass is 16.3. The molecule has 6 heteroatoms. The third kappa shape index (κ3) is 2.72. The number of amides is 1. The first-order valence-corrected chi connectivity index (χ1v) is 5.73. The molecule has 1 aromatic carbocycles. The molecule has 98 valence electrons. The number of carbonyl (C=O) groups is 1. The van der Waals surface area contributed by atoms with Gasteiger partial charge in [0, 0.05) is 13.1 Å². The van der Waals surface area contributed by atoms with Crippen molar-refractivity contribution in [1.29, 1.82) is 0 Å². The Morgan fingerprint density at radius 3 is 2.89 bits per heavy atom. The SMILES string of the molecule is O=C(NCC1(O)CCNC1)c1cc(O)ccc1O. The van der Waals surface area contributed by atoms with E-state index in [4.69, 9.17) is 0 Å². The van der Waals surface area contributed by atoms with Crippen LogP contribution in [0.1, 0.15) is 16.8 Å². The van der Waals surface area contributed by atoms with E-state index in [0.29, 0.717) is 19.5 Å². The number of aromatic hydroxyl groups is 2. The molecule has 0 radical (unpaired) electrons. The van der Waals surface area contributed by atoms with Gasteiger partial charge in [0.2, 0.25) is 0 Å². The molecule has 5 N–H and O–H groups in total. The van der Waals surface area contributed by atoms with Crippen molar-refractivity contribution >= 4 is 5.91 Å². The molecule has 1 aliphatic rings. The largest absolute Gasteiger partial charge is 0.508 e. The number of hydrogen-bond donors (Lipinski definition) is 5. The summed E-state index contributed by atoms with van der Waals surface area (Å²) in [7, 11) is 0. The van der Waals surface area contributed by atoms with E-state index in [1.165, 1.54) is 18.2 Å². The van der Waals surface area contributed by atoms with Crippen molar-refractivity contribution in [3.05, 3.63) is 23.8 Å². The van der Waals surface area contributed by atoms with Gasteiger partial charge in [0.1, 0.15) is 11.5 Å². The molecule has 1 saturated heterocycles. The first kappa shape index (κ1) is 12.7. The lowest BCUT2D eigenvalue weighted by molar-refractivity contribution is 0.0561. The average Bonchev–Trinajstić information content (AvgIpc) is 2.77. The van der Waals surface area contributed by atoms with Crippen LogP contribution in [0, 0.1) is 0 Å². The maximum atomic E-state index is 11.8. The summed E-state index contributed by atoms with van der Waals surface area (Å²) < 4.78 is 0. The smallest absolute Gasteiger partial charge is 0.255 e. The Balaban J connectivity index is 2.01. The molecule has 6 nitrogen and oxygen atoms in total. The minimum absolute atomic E-state index is 0.00967. The summed E-state index contributed by atoms with van der Waals surface area (Å²) in [5, 5.41) is 34.4. The van der Waals surface area contributed by atoms with Crippen LogP contribution in [0.15, 0.2) is 18.2 Å². The second kappa shape index (κ2) is 4.83. The lowest BCUT2D eigenvalue weighted by atomic mass is 10.0. The molecule has 0 spiro atoms. The van der Waals surface area contributed by atoms with Crippen LogP contribution in [-0.2, 0) is 0 Å². The number of nitrogens with one attached hydrogen (secondary N) is 2. The molecule has 0 saturated carbocycles. The van der Waals surface area contributed by atoms with Crippen LogP contribution in [0.2, 0.25) is 0 Å². The maximum absolute atomic E-state index is 11.8. The van der Waals surface area contributed by atoms with Crippen LogP contribution in [0.3, 0.4) is 0 Å². The number of benzene rings is 1. The molecule has 1 unspecified atom stereocenters. The Hall–Kier alpha value is -1.79. The van der Waals surface area contributed by atoms with Crippen molar-refractivity contribution < 1.29 is 20.1 Å². The van der Waals surface area contributed by atoms with E-state index in [0.717, 1.165) is 0 Å². The maximum Gasteiger partial charge on any atom is 0.255 e. The highest BCUT2D eigenvalue weighted by Crippen LogP contribution is 2.22. The van der Waals surface area contributed by atoms with Gasteiger partial charge in [-0.1, -0.05) is 0 Å². The fraction of sp³-hybridized carbons (Fsp3) is 0.417. The molecule has 2 rings (SSSR count). The van der Waals surface area contributed by atoms with Crippen LogP contribution in [-0.4, -0.2) is 46.5 Å². The number of rotatable bonds is 3. The van der Waals surface area contributed by atoms with Crippen LogP contribution in [0.5, 0.6) is 11.5 Å². The summed E-state index contributed by atoms with van der Waals surface area (Å²) in [6.07, 6.45) is 0.569. The molecule has 18 heavy (non-hydrogen) atoms. The molecular formula is C12H16N2O4. The van der Waals surface area contributed by atoms with Gasteiger partial charge in [-0.2, -0.15) is 0 Å². The van der Waals surface area contributed by atoms with E-state index in [-0.39, 0.29) is 23.6 Å². The standard InChI is InChI=1S/C12H16N2O4/c15-8-1-2-10(16)9(5-8)11(17)14-7-12(18)3-4-13-6-12/h1-2,5,13,15-16,18H,3-4,6-7H2,(H,14,17). The van der Waals surface area contributed by atoms with Crippen molar-refractivity contribution in [3.63, 3.8) is 0 Å². The van der Waals surface area contributed by atoms with E-state index >= 15 is 0 Å². The Morgan fingerprint density at radius 2 is 2.22 bits per heavy atom. The highest BCUT2D eigenvalue weighted by molar-refractivity contribution is 5.97. The van der Waals surface area contributed by atoms with Crippen molar-refractivity contribution in [2.45, 2.75) is 12.0 Å². The van der Waals surface area contributed by atoms with Crippen molar-refractivity contribution in [2.24, 2.45) is 0 Å². The Kier molecular flexibility index (Phi) is 3.40. The van der Waals surface area contributed by atoms with Crippen LogP contribution in [0.25, 0.3) is 0 Å². The fourth-order valence-corrected chi connectivity index (χ4v) is 1.93. The lowest BCUT2D eigenvalue weighted by Gasteiger charge is -2.21. The average molecular weight is 252 g/mol. The third-order valence-electron chi connectivity index (χ3n) is 3.02. The van der Waals surface area contributed by atoms with Gasteiger partial charge in [-0.05, 0) is 31.2 Å². The second-order valence-electron chi connectivity index (χ2n) is 4.54. The van der Waals surface area contributed by atoms with Gasteiger partial charge >= 0.3 is 0 Å². The van der Waals surface area contributed by atoms with Crippen LogP contribution >= 0.6 is 0 Å². The quantitative estimate of drug-likeness (QED) is 0.469. The minimum Gasteiger partial charge on any atom is -0.508 e. The summed E-state index contributed by atoms with van der Waals surface area (Å²) in [5.74, 6) is -0.829. The first-order chi connectivity index (χ1) is 8.50. The number of aliphatic hydroxyl groups is 1. The molecule has 0 aliphatic carbocycles. The normalized spacial score (nSPS) is 22.9. The van der Waals surface area contributed by atoms with Gasteiger partial charge in [0.15, 0.2) is 0 Å². The van der Waals surface area contributed by atoms with E-state index in [2.05, 4.69) is 10.6 Å². The zero-order valence-electron chi connectivity index (χ0n) is 9.81. The van der Waals surface area contributed by atoms with E-state index < -0.39 is 11.5 Å². The summed E-state index contributed by atoms with van der Waals surface area (Å²) in [6, 6.07) is 3.72. The highest BCUT2D eigenvalue weighted by Gasteiger charge is 2.31. The fourth-order valence-electron chi connectivity index (χ4n) is 1.93. The van der Waals surface area contributed by atoms with Crippen molar-refractivity contribution in [3.8, 4) is 11.5 Å². The van der Waals surface area contributed by atoms with Crippen molar-refractivity contribution in [1.82, 2.24) is 10.6 Å². The van der Waals surface area contributed by atoms with Gasteiger partial charge < -0.3 is 26.0 Å². The predicted octanol–water partition coefficient (Wildman–Crippen LogP) is -0.448. The molecule has 0 aromatic heterocycles. The van der Waals surface area contributed by atoms with Gasteiger partial charge in [-0.15, -0.1) is 0 Å². The number of phenols is 2. The lowest BCUT2D eigenvalue weighted by Crippen LogP contribution is -2.44. The first-order valence-electron chi connectivity index (χ1n) is 5.73. The molecule has 1 aliphatic heterocycles. The summed E-state index contributed by atoms with van der Waals surface area (Å²) in [5.41, 5.74) is -0.952. The topological polar surface area (TPSA) is 102 Å². The monoisotopic (exact) mass is 252 g/mol. The van der Waals surface area contributed by atoms with Gasteiger partial charge in [-0.3, -0.25) is 4.79 Å². The summed E-state index contributed by atoms with van der Waals surface area (Å²) >= 11 is 0. The number of β-amino-alcohol motifs (C(OH)–C–C–N with tert-alkyl or cyclic N) is 1.